The summed E-state index contributed by atoms with van der Waals surface area (Å²) in [5.74, 6) is -0.942. The SMILES string of the molecule is N#Cc1csc(-c2cc(C#N)cc(C(F)(F)F)c2O)c1. The fourth-order valence-electron chi connectivity index (χ4n) is 1.64. The maximum absolute atomic E-state index is 12.8. The minimum Gasteiger partial charge on any atom is -0.507 e. The van der Waals surface area contributed by atoms with Crippen LogP contribution in [-0.4, -0.2) is 5.11 Å². The van der Waals surface area contributed by atoms with Crippen LogP contribution in [0.25, 0.3) is 10.4 Å². The molecule has 0 unspecified atom stereocenters. The highest BCUT2D eigenvalue weighted by Gasteiger charge is 2.35. The topological polar surface area (TPSA) is 67.8 Å². The van der Waals surface area contributed by atoms with E-state index in [9.17, 15) is 18.3 Å². The van der Waals surface area contributed by atoms with Crippen molar-refractivity contribution in [2.45, 2.75) is 6.18 Å². The molecule has 0 fully saturated rings. The lowest BCUT2D eigenvalue weighted by Gasteiger charge is -2.12. The molecule has 20 heavy (non-hydrogen) atoms. The lowest BCUT2D eigenvalue weighted by atomic mass is 10.0. The van der Waals surface area contributed by atoms with Crippen LogP contribution in [0.15, 0.2) is 23.6 Å². The van der Waals surface area contributed by atoms with E-state index in [1.54, 1.807) is 6.07 Å². The van der Waals surface area contributed by atoms with Crippen molar-refractivity contribution < 1.29 is 18.3 Å². The van der Waals surface area contributed by atoms with Gasteiger partial charge in [-0.2, -0.15) is 23.7 Å². The number of rotatable bonds is 1. The van der Waals surface area contributed by atoms with E-state index in [1.165, 1.54) is 11.4 Å². The predicted octanol–water partition coefficient (Wildman–Crippen LogP) is 3.88. The molecule has 0 aliphatic carbocycles. The van der Waals surface area contributed by atoms with Crippen molar-refractivity contribution in [2.24, 2.45) is 0 Å². The number of thiophene rings is 1. The Kier molecular flexibility index (Phi) is 3.39. The van der Waals surface area contributed by atoms with Gasteiger partial charge in [-0.25, -0.2) is 0 Å². The molecule has 0 atom stereocenters. The van der Waals surface area contributed by atoms with E-state index >= 15 is 0 Å². The molecular weight excluding hydrogens is 289 g/mol. The van der Waals surface area contributed by atoms with Gasteiger partial charge in [-0.05, 0) is 18.2 Å². The van der Waals surface area contributed by atoms with E-state index in [0.717, 1.165) is 17.4 Å². The minimum absolute atomic E-state index is 0.108. The van der Waals surface area contributed by atoms with Crippen molar-refractivity contribution in [1.29, 1.82) is 10.5 Å². The number of hydrogen-bond acceptors (Lipinski definition) is 4. The van der Waals surface area contributed by atoms with Crippen LogP contribution >= 0.6 is 11.3 Å². The average molecular weight is 294 g/mol. The summed E-state index contributed by atoms with van der Waals surface area (Å²) >= 11 is 1.02. The average Bonchev–Trinajstić information content (AvgIpc) is 2.86. The predicted molar refractivity (Wildman–Crippen MR) is 65.9 cm³/mol. The first kappa shape index (κ1) is 13.9. The number of phenolic OH excluding ortho intramolecular Hbond substituents is 1. The number of phenols is 1. The summed E-state index contributed by atoms with van der Waals surface area (Å²) < 4.78 is 38.4. The summed E-state index contributed by atoms with van der Waals surface area (Å²) in [6, 6.07) is 6.60. The third kappa shape index (κ3) is 2.44. The van der Waals surface area contributed by atoms with Gasteiger partial charge in [0.15, 0.2) is 0 Å². The molecule has 2 aromatic rings. The molecule has 1 N–H and O–H groups in total. The summed E-state index contributed by atoms with van der Waals surface area (Å²) in [6.07, 6.45) is -4.76. The van der Waals surface area contributed by atoms with Crippen molar-refractivity contribution in [3.8, 4) is 28.3 Å². The van der Waals surface area contributed by atoms with Crippen LogP contribution in [0.2, 0.25) is 0 Å². The molecule has 0 amide bonds. The first-order valence-corrected chi connectivity index (χ1v) is 6.08. The van der Waals surface area contributed by atoms with Crippen molar-refractivity contribution in [1.82, 2.24) is 0 Å². The van der Waals surface area contributed by atoms with Crippen LogP contribution in [0.3, 0.4) is 0 Å². The fraction of sp³-hybridized carbons (Fsp3) is 0.0769. The zero-order valence-electron chi connectivity index (χ0n) is 9.69. The summed E-state index contributed by atoms with van der Waals surface area (Å²) in [6.45, 7) is 0. The fourth-order valence-corrected chi connectivity index (χ4v) is 2.49. The van der Waals surface area contributed by atoms with Crippen molar-refractivity contribution in [2.75, 3.05) is 0 Å². The number of aromatic hydroxyl groups is 1. The first-order valence-electron chi connectivity index (χ1n) is 5.20. The van der Waals surface area contributed by atoms with Gasteiger partial charge in [-0.3, -0.25) is 0 Å². The Balaban J connectivity index is 2.71. The van der Waals surface area contributed by atoms with Crippen LogP contribution < -0.4 is 0 Å². The number of hydrogen-bond donors (Lipinski definition) is 1. The Hall–Kier alpha value is -2.51. The Morgan fingerprint density at radius 3 is 2.20 bits per heavy atom. The second kappa shape index (κ2) is 4.87. The monoisotopic (exact) mass is 294 g/mol. The van der Waals surface area contributed by atoms with Gasteiger partial charge in [0, 0.05) is 15.8 Å². The largest absolute Gasteiger partial charge is 0.507 e. The molecule has 1 aromatic carbocycles. The maximum Gasteiger partial charge on any atom is 0.420 e. The van der Waals surface area contributed by atoms with Gasteiger partial charge in [-0.1, -0.05) is 0 Å². The van der Waals surface area contributed by atoms with E-state index in [2.05, 4.69) is 0 Å². The quantitative estimate of drug-likeness (QED) is 0.867. The second-order valence-electron chi connectivity index (χ2n) is 3.84. The molecule has 7 heteroatoms. The van der Waals surface area contributed by atoms with Crippen LogP contribution in [0, 0.1) is 22.7 Å². The van der Waals surface area contributed by atoms with Gasteiger partial charge in [0.2, 0.25) is 0 Å². The zero-order valence-corrected chi connectivity index (χ0v) is 10.5. The van der Waals surface area contributed by atoms with Crippen LogP contribution in [-0.2, 0) is 6.18 Å². The molecule has 1 heterocycles. The van der Waals surface area contributed by atoms with Crippen molar-refractivity contribution >= 4 is 11.3 Å². The number of nitrogens with zero attached hydrogens (tertiary/aromatic N) is 2. The van der Waals surface area contributed by atoms with Gasteiger partial charge in [0.25, 0.3) is 0 Å². The molecule has 0 aliphatic heterocycles. The number of alkyl halides is 3. The molecule has 0 radical (unpaired) electrons. The lowest BCUT2D eigenvalue weighted by Crippen LogP contribution is -2.06. The van der Waals surface area contributed by atoms with E-state index in [4.69, 9.17) is 10.5 Å². The third-order valence-corrected chi connectivity index (χ3v) is 3.50. The Bertz CT molecular complexity index is 750. The molecule has 3 nitrogen and oxygen atoms in total. The van der Waals surface area contributed by atoms with Crippen LogP contribution in [0.4, 0.5) is 13.2 Å². The Labute approximate surface area is 115 Å². The van der Waals surface area contributed by atoms with Gasteiger partial charge >= 0.3 is 6.18 Å². The third-order valence-electron chi connectivity index (χ3n) is 2.54. The number of halogens is 3. The smallest absolute Gasteiger partial charge is 0.420 e. The second-order valence-corrected chi connectivity index (χ2v) is 4.75. The van der Waals surface area contributed by atoms with Crippen molar-refractivity contribution in [3.05, 3.63) is 40.3 Å². The summed E-state index contributed by atoms with van der Waals surface area (Å²) in [4.78, 5) is 0.293. The van der Waals surface area contributed by atoms with E-state index < -0.39 is 17.5 Å². The molecule has 2 rings (SSSR count). The molecular formula is C13H5F3N2OS. The Morgan fingerprint density at radius 2 is 1.70 bits per heavy atom. The molecule has 100 valence electrons. The molecule has 0 saturated heterocycles. The normalized spacial score (nSPS) is 10.8. The van der Waals surface area contributed by atoms with Gasteiger partial charge in [0.1, 0.15) is 11.8 Å². The first-order chi connectivity index (χ1) is 9.36. The van der Waals surface area contributed by atoms with E-state index in [-0.39, 0.29) is 16.7 Å². The molecule has 0 aliphatic rings. The number of benzene rings is 1. The van der Waals surface area contributed by atoms with Gasteiger partial charge in [0.05, 0.1) is 22.8 Å². The standard InChI is InChI=1S/C13H5F3N2OS/c14-13(15,16)10-2-7(4-17)1-9(12(10)19)11-3-8(5-18)6-20-11/h1-3,6,19H. The zero-order chi connectivity index (χ0) is 14.9. The summed E-state index contributed by atoms with van der Waals surface area (Å²) in [5, 5.41) is 28.7. The highest BCUT2D eigenvalue weighted by atomic mass is 32.1. The van der Waals surface area contributed by atoms with Crippen molar-refractivity contribution in [3.63, 3.8) is 0 Å². The van der Waals surface area contributed by atoms with E-state index in [0.29, 0.717) is 10.9 Å². The van der Waals surface area contributed by atoms with Gasteiger partial charge in [-0.15, -0.1) is 11.3 Å². The Morgan fingerprint density at radius 1 is 1.05 bits per heavy atom. The van der Waals surface area contributed by atoms with Gasteiger partial charge < -0.3 is 5.11 Å². The molecule has 0 spiro atoms. The maximum atomic E-state index is 12.8. The lowest BCUT2D eigenvalue weighted by molar-refractivity contribution is -0.138. The number of nitriles is 2. The molecule has 1 aromatic heterocycles. The summed E-state index contributed by atoms with van der Waals surface area (Å²) in [5.41, 5.74) is -1.31. The minimum atomic E-state index is -4.76. The molecule has 0 bridgehead atoms. The molecule has 0 saturated carbocycles. The van der Waals surface area contributed by atoms with Crippen LogP contribution in [0.5, 0.6) is 5.75 Å². The highest BCUT2D eigenvalue weighted by molar-refractivity contribution is 7.13. The summed E-state index contributed by atoms with van der Waals surface area (Å²) in [7, 11) is 0. The highest BCUT2D eigenvalue weighted by Crippen LogP contribution is 2.43. The van der Waals surface area contributed by atoms with E-state index in [1.807, 2.05) is 6.07 Å². The van der Waals surface area contributed by atoms with Crippen LogP contribution in [0.1, 0.15) is 16.7 Å².